The number of rotatable bonds is 4. The molecular weight excluding hydrogens is 252 g/mol. The van der Waals surface area contributed by atoms with Crippen molar-refractivity contribution in [3.05, 3.63) is 52.8 Å². The lowest BCUT2D eigenvalue weighted by molar-refractivity contribution is 0.0939. The summed E-state index contributed by atoms with van der Waals surface area (Å²) in [6.45, 7) is 4.31. The van der Waals surface area contributed by atoms with Gasteiger partial charge in [0.2, 0.25) is 0 Å². The van der Waals surface area contributed by atoms with Crippen molar-refractivity contribution in [2.45, 2.75) is 26.4 Å². The van der Waals surface area contributed by atoms with Crippen molar-refractivity contribution in [3.8, 4) is 0 Å². The molecule has 1 aromatic carbocycles. The molecule has 0 aliphatic rings. The van der Waals surface area contributed by atoms with Crippen molar-refractivity contribution in [3.63, 3.8) is 0 Å². The van der Waals surface area contributed by atoms with E-state index in [1.807, 2.05) is 38.1 Å². The zero-order valence-corrected chi connectivity index (χ0v) is 12.1. The molecule has 1 unspecified atom stereocenters. The summed E-state index contributed by atoms with van der Waals surface area (Å²) in [4.78, 5) is 12.2. The molecule has 1 atom stereocenters. The molecule has 0 saturated heterocycles. The van der Waals surface area contributed by atoms with Gasteiger partial charge < -0.3 is 11.1 Å². The summed E-state index contributed by atoms with van der Waals surface area (Å²) in [6, 6.07) is 7.88. The van der Waals surface area contributed by atoms with Crippen LogP contribution in [-0.2, 0) is 13.6 Å². The largest absolute Gasteiger partial charge is 0.345 e. The Morgan fingerprint density at radius 1 is 1.40 bits per heavy atom. The summed E-state index contributed by atoms with van der Waals surface area (Å²) < 4.78 is 1.64. The maximum Gasteiger partial charge on any atom is 0.255 e. The van der Waals surface area contributed by atoms with Crippen LogP contribution < -0.4 is 11.1 Å². The third-order valence-corrected chi connectivity index (χ3v) is 3.32. The van der Waals surface area contributed by atoms with E-state index in [0.717, 1.165) is 16.8 Å². The summed E-state index contributed by atoms with van der Waals surface area (Å²) in [5.41, 5.74) is 9.05. The van der Waals surface area contributed by atoms with Crippen molar-refractivity contribution in [2.24, 2.45) is 12.8 Å². The Labute approximate surface area is 118 Å². The molecule has 106 valence electrons. The number of aromatic nitrogens is 2. The molecule has 0 fully saturated rings. The van der Waals surface area contributed by atoms with Gasteiger partial charge in [0.25, 0.3) is 5.91 Å². The summed E-state index contributed by atoms with van der Waals surface area (Å²) in [5, 5.41) is 7.16. The number of nitrogens with one attached hydrogen (secondary N) is 1. The summed E-state index contributed by atoms with van der Waals surface area (Å²) >= 11 is 0. The van der Waals surface area contributed by atoms with E-state index >= 15 is 0 Å². The van der Waals surface area contributed by atoms with E-state index in [4.69, 9.17) is 5.73 Å². The van der Waals surface area contributed by atoms with Crippen LogP contribution in [0.4, 0.5) is 0 Å². The van der Waals surface area contributed by atoms with Gasteiger partial charge in [-0.05, 0) is 25.0 Å². The molecule has 2 rings (SSSR count). The maximum atomic E-state index is 12.2. The molecule has 0 radical (unpaired) electrons. The van der Waals surface area contributed by atoms with Crippen LogP contribution in [-0.4, -0.2) is 15.7 Å². The van der Waals surface area contributed by atoms with E-state index in [1.54, 1.807) is 17.9 Å². The fraction of sp³-hybridized carbons (Fsp3) is 0.333. The zero-order valence-electron chi connectivity index (χ0n) is 12.1. The first kappa shape index (κ1) is 14.3. The molecule has 0 bridgehead atoms. The number of benzene rings is 1. The first-order valence-electron chi connectivity index (χ1n) is 6.61. The molecule has 0 saturated carbocycles. The highest BCUT2D eigenvalue weighted by Gasteiger charge is 2.15. The fourth-order valence-electron chi connectivity index (χ4n) is 2.12. The molecular formula is C15H20N4O. The average molecular weight is 272 g/mol. The average Bonchev–Trinajstić information content (AvgIpc) is 2.78. The van der Waals surface area contributed by atoms with Crippen molar-refractivity contribution in [1.29, 1.82) is 0 Å². The second-order valence-corrected chi connectivity index (χ2v) is 4.94. The van der Waals surface area contributed by atoms with E-state index < -0.39 is 0 Å². The van der Waals surface area contributed by atoms with Gasteiger partial charge in [-0.25, -0.2) is 0 Å². The van der Waals surface area contributed by atoms with Crippen molar-refractivity contribution >= 4 is 5.91 Å². The quantitative estimate of drug-likeness (QED) is 0.889. The zero-order chi connectivity index (χ0) is 14.7. The number of amides is 1. The molecule has 3 N–H and O–H groups in total. The Hall–Kier alpha value is -2.14. The Bertz CT molecular complexity index is 601. The van der Waals surface area contributed by atoms with E-state index in [-0.39, 0.29) is 11.9 Å². The van der Waals surface area contributed by atoms with E-state index in [2.05, 4.69) is 10.4 Å². The molecule has 20 heavy (non-hydrogen) atoms. The Morgan fingerprint density at radius 2 is 2.05 bits per heavy atom. The standard InChI is InChI=1S/C15H20N4O/c1-10(13-6-4-12(8-16)5-7-13)17-15(20)14-9-19(3)18-11(14)2/h4-7,9-10H,8,16H2,1-3H3,(H,17,20). The van der Waals surface area contributed by atoms with Crippen LogP contribution in [0.5, 0.6) is 0 Å². The van der Waals surface area contributed by atoms with Crippen LogP contribution in [0.25, 0.3) is 0 Å². The van der Waals surface area contributed by atoms with Crippen LogP contribution in [0, 0.1) is 6.92 Å². The second-order valence-electron chi connectivity index (χ2n) is 4.94. The van der Waals surface area contributed by atoms with Gasteiger partial charge in [-0.3, -0.25) is 9.48 Å². The van der Waals surface area contributed by atoms with E-state index in [1.165, 1.54) is 0 Å². The first-order chi connectivity index (χ1) is 9.51. The normalized spacial score (nSPS) is 12.2. The van der Waals surface area contributed by atoms with Crippen molar-refractivity contribution in [1.82, 2.24) is 15.1 Å². The molecule has 2 aromatic rings. The number of carbonyl (C=O) groups is 1. The van der Waals surface area contributed by atoms with Crippen LogP contribution in [0.1, 0.15) is 40.1 Å². The summed E-state index contributed by atoms with van der Waals surface area (Å²) in [5.74, 6) is -0.106. The first-order valence-corrected chi connectivity index (χ1v) is 6.61. The summed E-state index contributed by atoms with van der Waals surface area (Å²) in [6.07, 6.45) is 1.73. The third-order valence-electron chi connectivity index (χ3n) is 3.32. The highest BCUT2D eigenvalue weighted by molar-refractivity contribution is 5.95. The monoisotopic (exact) mass is 272 g/mol. The molecule has 5 heteroatoms. The van der Waals surface area contributed by atoms with Gasteiger partial charge in [-0.2, -0.15) is 5.10 Å². The number of nitrogens with two attached hydrogens (primary N) is 1. The predicted molar refractivity (Wildman–Crippen MR) is 78.2 cm³/mol. The number of hydrogen-bond donors (Lipinski definition) is 2. The minimum absolute atomic E-state index is 0.0612. The van der Waals surface area contributed by atoms with Crippen LogP contribution >= 0.6 is 0 Å². The highest BCUT2D eigenvalue weighted by atomic mass is 16.1. The van der Waals surface area contributed by atoms with E-state index in [0.29, 0.717) is 12.1 Å². The lowest BCUT2D eigenvalue weighted by Crippen LogP contribution is -2.26. The van der Waals surface area contributed by atoms with Gasteiger partial charge in [-0.15, -0.1) is 0 Å². The highest BCUT2D eigenvalue weighted by Crippen LogP contribution is 2.15. The lowest BCUT2D eigenvalue weighted by Gasteiger charge is -2.14. The Morgan fingerprint density at radius 3 is 2.55 bits per heavy atom. The van der Waals surface area contributed by atoms with Crippen LogP contribution in [0.3, 0.4) is 0 Å². The van der Waals surface area contributed by atoms with Crippen molar-refractivity contribution < 1.29 is 4.79 Å². The van der Waals surface area contributed by atoms with E-state index in [9.17, 15) is 4.79 Å². The minimum Gasteiger partial charge on any atom is -0.345 e. The van der Waals surface area contributed by atoms with Crippen molar-refractivity contribution in [2.75, 3.05) is 0 Å². The topological polar surface area (TPSA) is 72.9 Å². The van der Waals surface area contributed by atoms with Gasteiger partial charge >= 0.3 is 0 Å². The number of carbonyl (C=O) groups excluding carboxylic acids is 1. The lowest BCUT2D eigenvalue weighted by atomic mass is 10.1. The number of aryl methyl sites for hydroxylation is 2. The molecule has 1 aromatic heterocycles. The molecule has 0 aliphatic heterocycles. The van der Waals surface area contributed by atoms with Crippen LogP contribution in [0.15, 0.2) is 30.5 Å². The summed E-state index contributed by atoms with van der Waals surface area (Å²) in [7, 11) is 1.80. The number of hydrogen-bond acceptors (Lipinski definition) is 3. The van der Waals surface area contributed by atoms with Gasteiger partial charge in [0.1, 0.15) is 0 Å². The molecule has 5 nitrogen and oxygen atoms in total. The molecule has 0 aliphatic carbocycles. The molecule has 1 heterocycles. The number of nitrogens with zero attached hydrogens (tertiary/aromatic N) is 2. The Kier molecular flexibility index (Phi) is 4.20. The van der Waals surface area contributed by atoms with Gasteiger partial charge in [0, 0.05) is 19.8 Å². The molecule has 1 amide bonds. The fourth-order valence-corrected chi connectivity index (χ4v) is 2.12. The third kappa shape index (κ3) is 3.05. The molecule has 0 spiro atoms. The second kappa shape index (κ2) is 5.88. The SMILES string of the molecule is Cc1nn(C)cc1C(=O)NC(C)c1ccc(CN)cc1. The smallest absolute Gasteiger partial charge is 0.255 e. The maximum absolute atomic E-state index is 12.2. The minimum atomic E-state index is -0.106. The Balaban J connectivity index is 2.08. The predicted octanol–water partition coefficient (Wildman–Crippen LogP) is 1.68. The van der Waals surface area contributed by atoms with Crippen LogP contribution in [0.2, 0.25) is 0 Å². The van der Waals surface area contributed by atoms with Gasteiger partial charge in [-0.1, -0.05) is 24.3 Å². The van der Waals surface area contributed by atoms with Gasteiger partial charge in [0.15, 0.2) is 0 Å². The van der Waals surface area contributed by atoms with Gasteiger partial charge in [0.05, 0.1) is 17.3 Å².